The number of aromatic nitrogens is 1. The Bertz CT molecular complexity index is 511. The van der Waals surface area contributed by atoms with Gasteiger partial charge < -0.3 is 4.74 Å². The van der Waals surface area contributed by atoms with E-state index in [4.69, 9.17) is 4.74 Å². The summed E-state index contributed by atoms with van der Waals surface area (Å²) in [5, 5.41) is 0. The van der Waals surface area contributed by atoms with Crippen molar-refractivity contribution in [3.63, 3.8) is 0 Å². The molecule has 0 unspecified atom stereocenters. The maximum atomic E-state index is 13.2. The lowest BCUT2D eigenvalue weighted by atomic mass is 10.2. The Morgan fingerprint density at radius 1 is 1.00 bits per heavy atom. The van der Waals surface area contributed by atoms with Crippen molar-refractivity contribution in [2.75, 3.05) is 0 Å². The molecule has 1 aromatic carbocycles. The first-order chi connectivity index (χ1) is 8.18. The van der Waals surface area contributed by atoms with Gasteiger partial charge in [-0.3, -0.25) is 0 Å². The molecular weight excluding hydrogens is 231 g/mol. The summed E-state index contributed by atoms with van der Waals surface area (Å²) in [6.07, 6.45) is 1.26. The van der Waals surface area contributed by atoms with E-state index in [1.54, 1.807) is 0 Å². The molecule has 0 saturated heterocycles. The maximum Gasteiger partial charge on any atom is 0.255 e. The molecule has 1 heterocycles. The molecule has 0 spiro atoms. The Morgan fingerprint density at radius 3 is 2.35 bits per heavy atom. The average Bonchev–Trinajstić information content (AvgIpc) is 2.30. The molecule has 88 valence electrons. The molecule has 5 heteroatoms. The highest BCUT2D eigenvalue weighted by Crippen LogP contribution is 2.18. The first kappa shape index (κ1) is 11.4. The van der Waals surface area contributed by atoms with Crippen LogP contribution in [-0.4, -0.2) is 4.98 Å². The van der Waals surface area contributed by atoms with Gasteiger partial charge in [-0.2, -0.15) is 4.39 Å². The number of nitrogens with zero attached hydrogens (tertiary/aromatic N) is 1. The molecule has 1 aromatic heterocycles. The van der Waals surface area contributed by atoms with E-state index in [1.165, 1.54) is 24.4 Å². The van der Waals surface area contributed by atoms with E-state index in [1.807, 2.05) is 0 Å². The van der Waals surface area contributed by atoms with Crippen molar-refractivity contribution in [1.82, 2.24) is 4.98 Å². The lowest BCUT2D eigenvalue weighted by molar-refractivity contribution is 0.274. The van der Waals surface area contributed by atoms with Crippen molar-refractivity contribution in [3.8, 4) is 5.75 Å². The van der Waals surface area contributed by atoms with Gasteiger partial charge in [0.2, 0.25) is 0 Å². The Labute approximate surface area is 95.7 Å². The van der Waals surface area contributed by atoms with Gasteiger partial charge in [-0.15, -0.1) is 0 Å². The van der Waals surface area contributed by atoms with Gasteiger partial charge in [-0.1, -0.05) is 6.07 Å². The molecule has 2 rings (SSSR count). The topological polar surface area (TPSA) is 22.1 Å². The fourth-order valence-corrected chi connectivity index (χ4v) is 1.30. The van der Waals surface area contributed by atoms with Crippen LogP contribution in [0.5, 0.6) is 5.75 Å². The van der Waals surface area contributed by atoms with Gasteiger partial charge in [0.05, 0.1) is 5.56 Å². The highest BCUT2D eigenvalue weighted by Gasteiger charge is 2.10. The fourth-order valence-electron chi connectivity index (χ4n) is 1.30. The van der Waals surface area contributed by atoms with Crippen LogP contribution < -0.4 is 4.74 Å². The Morgan fingerprint density at radius 2 is 1.71 bits per heavy atom. The average molecular weight is 239 g/mol. The van der Waals surface area contributed by atoms with E-state index < -0.39 is 17.6 Å². The van der Waals surface area contributed by atoms with Crippen molar-refractivity contribution < 1.29 is 17.9 Å². The van der Waals surface area contributed by atoms with E-state index in [2.05, 4.69) is 4.98 Å². The van der Waals surface area contributed by atoms with E-state index in [0.717, 1.165) is 12.1 Å². The van der Waals surface area contributed by atoms with Crippen LogP contribution >= 0.6 is 0 Å². The van der Waals surface area contributed by atoms with Crippen LogP contribution in [0, 0.1) is 17.6 Å². The third kappa shape index (κ3) is 2.55. The molecule has 0 aliphatic heterocycles. The van der Waals surface area contributed by atoms with Crippen molar-refractivity contribution in [2.24, 2.45) is 0 Å². The molecule has 2 nitrogen and oxygen atoms in total. The SMILES string of the molecule is Fc1cccc(F)c1COc1cccnc1F. The van der Waals surface area contributed by atoms with Gasteiger partial charge in [0.25, 0.3) is 5.95 Å². The quantitative estimate of drug-likeness (QED) is 0.768. The lowest BCUT2D eigenvalue weighted by Crippen LogP contribution is -2.03. The predicted molar refractivity (Wildman–Crippen MR) is 54.9 cm³/mol. The smallest absolute Gasteiger partial charge is 0.255 e. The van der Waals surface area contributed by atoms with E-state index >= 15 is 0 Å². The number of halogens is 3. The molecule has 0 fully saturated rings. The number of benzene rings is 1. The van der Waals surface area contributed by atoms with Crippen LogP contribution in [-0.2, 0) is 6.61 Å². The minimum absolute atomic E-state index is 0.143. The number of hydrogen-bond acceptors (Lipinski definition) is 2. The molecular formula is C12H8F3NO. The zero-order valence-corrected chi connectivity index (χ0v) is 8.66. The van der Waals surface area contributed by atoms with Crippen molar-refractivity contribution in [3.05, 3.63) is 59.7 Å². The summed E-state index contributed by atoms with van der Waals surface area (Å²) in [5.74, 6) is -2.41. The Kier molecular flexibility index (Phi) is 3.27. The number of ether oxygens (including phenoxy) is 1. The van der Waals surface area contributed by atoms with Gasteiger partial charge in [-0.05, 0) is 24.3 Å². The molecule has 0 radical (unpaired) electrons. The standard InChI is InChI=1S/C12H8F3NO/c13-9-3-1-4-10(14)8(9)7-17-11-5-2-6-16-12(11)15/h1-6H,7H2. The largest absolute Gasteiger partial charge is 0.484 e. The zero-order valence-electron chi connectivity index (χ0n) is 8.66. The summed E-state index contributed by atoms with van der Waals surface area (Å²) >= 11 is 0. The minimum Gasteiger partial charge on any atom is -0.484 e. The number of hydrogen-bond donors (Lipinski definition) is 0. The van der Waals surface area contributed by atoms with Crippen LogP contribution in [0.2, 0.25) is 0 Å². The van der Waals surface area contributed by atoms with Gasteiger partial charge in [0, 0.05) is 6.20 Å². The normalized spacial score (nSPS) is 10.3. The molecule has 0 aliphatic carbocycles. The third-order valence-corrected chi connectivity index (χ3v) is 2.16. The summed E-state index contributed by atoms with van der Waals surface area (Å²) in [6.45, 7) is -0.388. The summed E-state index contributed by atoms with van der Waals surface area (Å²) < 4.78 is 44.5. The lowest BCUT2D eigenvalue weighted by Gasteiger charge is -2.07. The van der Waals surface area contributed by atoms with Crippen molar-refractivity contribution in [2.45, 2.75) is 6.61 Å². The van der Waals surface area contributed by atoms with Crippen LogP contribution in [0.4, 0.5) is 13.2 Å². The number of rotatable bonds is 3. The highest BCUT2D eigenvalue weighted by molar-refractivity contribution is 5.22. The first-order valence-electron chi connectivity index (χ1n) is 4.84. The van der Waals surface area contributed by atoms with Crippen molar-refractivity contribution >= 4 is 0 Å². The maximum absolute atomic E-state index is 13.2. The van der Waals surface area contributed by atoms with Crippen LogP contribution in [0.25, 0.3) is 0 Å². The molecule has 0 saturated carbocycles. The molecule has 2 aromatic rings. The fraction of sp³-hybridized carbons (Fsp3) is 0.0833. The highest BCUT2D eigenvalue weighted by atomic mass is 19.1. The monoisotopic (exact) mass is 239 g/mol. The molecule has 0 bridgehead atoms. The minimum atomic E-state index is -0.816. The molecule has 17 heavy (non-hydrogen) atoms. The second kappa shape index (κ2) is 4.86. The first-order valence-corrected chi connectivity index (χ1v) is 4.84. The van der Waals surface area contributed by atoms with Crippen LogP contribution in [0.15, 0.2) is 36.5 Å². The van der Waals surface area contributed by atoms with Gasteiger partial charge in [0.1, 0.15) is 18.2 Å². The molecule has 0 amide bonds. The molecule has 0 N–H and O–H groups in total. The number of pyridine rings is 1. The van der Waals surface area contributed by atoms with Crippen molar-refractivity contribution in [1.29, 1.82) is 0 Å². The van der Waals surface area contributed by atoms with Crippen LogP contribution in [0.1, 0.15) is 5.56 Å². The van der Waals surface area contributed by atoms with E-state index in [9.17, 15) is 13.2 Å². The van der Waals surface area contributed by atoms with E-state index in [0.29, 0.717) is 0 Å². The molecule has 0 atom stereocenters. The van der Waals surface area contributed by atoms with E-state index in [-0.39, 0.29) is 17.9 Å². The Hall–Kier alpha value is -2.04. The predicted octanol–water partition coefficient (Wildman–Crippen LogP) is 3.08. The summed E-state index contributed by atoms with van der Waals surface area (Å²) in [6, 6.07) is 6.28. The second-order valence-corrected chi connectivity index (χ2v) is 3.28. The molecule has 0 aliphatic rings. The van der Waals surface area contributed by atoms with Crippen LogP contribution in [0.3, 0.4) is 0 Å². The van der Waals surface area contributed by atoms with Gasteiger partial charge >= 0.3 is 0 Å². The van der Waals surface area contributed by atoms with Gasteiger partial charge in [-0.25, -0.2) is 13.8 Å². The summed E-state index contributed by atoms with van der Waals surface area (Å²) in [7, 11) is 0. The van der Waals surface area contributed by atoms with Gasteiger partial charge in [0.15, 0.2) is 5.75 Å². The Balaban J connectivity index is 2.16. The second-order valence-electron chi connectivity index (χ2n) is 3.28. The summed E-state index contributed by atoms with van der Waals surface area (Å²) in [5.41, 5.74) is -0.240. The summed E-state index contributed by atoms with van der Waals surface area (Å²) in [4.78, 5) is 3.36. The third-order valence-electron chi connectivity index (χ3n) is 2.16. The zero-order chi connectivity index (χ0) is 12.3.